The summed E-state index contributed by atoms with van der Waals surface area (Å²) in [7, 11) is 2.04. The Morgan fingerprint density at radius 3 is 3.04 bits per heavy atom. The third kappa shape index (κ3) is 3.03. The van der Waals surface area contributed by atoms with Gasteiger partial charge in [-0.05, 0) is 49.9 Å². The fourth-order valence-electron chi connectivity index (χ4n) is 3.25. The highest BCUT2D eigenvalue weighted by atomic mass is 32.1. The molecule has 5 nitrogen and oxygen atoms in total. The van der Waals surface area contributed by atoms with E-state index >= 15 is 0 Å². The average Bonchev–Trinajstić information content (AvgIpc) is 3.26. The number of hydrogen-bond donors (Lipinski definition) is 1. The van der Waals surface area contributed by atoms with Gasteiger partial charge in [0.2, 0.25) is 5.91 Å². The van der Waals surface area contributed by atoms with E-state index in [9.17, 15) is 4.79 Å². The van der Waals surface area contributed by atoms with Gasteiger partial charge in [-0.15, -0.1) is 11.3 Å². The molecule has 0 aliphatic carbocycles. The monoisotopic (exact) mass is 328 g/mol. The predicted molar refractivity (Wildman–Crippen MR) is 91.2 cm³/mol. The van der Waals surface area contributed by atoms with Gasteiger partial charge in [0.15, 0.2) is 0 Å². The first-order valence-electron chi connectivity index (χ1n) is 7.77. The van der Waals surface area contributed by atoms with E-state index in [0.29, 0.717) is 10.6 Å². The summed E-state index contributed by atoms with van der Waals surface area (Å²) in [5.74, 6) is -0.0509. The lowest BCUT2D eigenvalue weighted by atomic mass is 10.1. The van der Waals surface area contributed by atoms with E-state index in [-0.39, 0.29) is 18.0 Å². The Hall–Kier alpha value is -2.10. The SMILES string of the molecule is CC(C(=O)Nc1sccc1C#N)N1CCCC1c1cccn1C. The van der Waals surface area contributed by atoms with Crippen molar-refractivity contribution in [1.29, 1.82) is 5.26 Å². The molecular formula is C17H20N4OS. The van der Waals surface area contributed by atoms with Crippen LogP contribution in [0.25, 0.3) is 0 Å². The zero-order valence-corrected chi connectivity index (χ0v) is 14.1. The summed E-state index contributed by atoms with van der Waals surface area (Å²) in [6.45, 7) is 2.86. The summed E-state index contributed by atoms with van der Waals surface area (Å²) in [6, 6.07) is 8.05. The number of nitrogens with zero attached hydrogens (tertiary/aromatic N) is 3. The maximum Gasteiger partial charge on any atom is 0.242 e. The number of anilines is 1. The van der Waals surface area contributed by atoms with Crippen molar-refractivity contribution in [2.45, 2.75) is 31.8 Å². The van der Waals surface area contributed by atoms with Crippen molar-refractivity contribution >= 4 is 22.2 Å². The molecular weight excluding hydrogens is 308 g/mol. The molecule has 1 fully saturated rings. The number of aromatic nitrogens is 1. The number of rotatable bonds is 4. The third-order valence-corrected chi connectivity index (χ3v) is 5.35. The van der Waals surface area contributed by atoms with Gasteiger partial charge in [-0.25, -0.2) is 0 Å². The molecule has 2 aromatic heterocycles. The Morgan fingerprint density at radius 1 is 1.52 bits per heavy atom. The van der Waals surface area contributed by atoms with Crippen molar-refractivity contribution in [3.8, 4) is 6.07 Å². The molecule has 3 rings (SSSR count). The van der Waals surface area contributed by atoms with Crippen LogP contribution in [-0.2, 0) is 11.8 Å². The van der Waals surface area contributed by atoms with Crippen molar-refractivity contribution in [2.24, 2.45) is 7.05 Å². The highest BCUT2D eigenvalue weighted by Gasteiger charge is 2.34. The summed E-state index contributed by atoms with van der Waals surface area (Å²) in [6.07, 6.45) is 4.20. The van der Waals surface area contributed by atoms with Crippen LogP contribution < -0.4 is 5.32 Å². The van der Waals surface area contributed by atoms with Crippen LogP contribution in [-0.4, -0.2) is 28.0 Å². The molecule has 2 unspecified atom stereocenters. The van der Waals surface area contributed by atoms with Gasteiger partial charge in [0, 0.05) is 18.9 Å². The Morgan fingerprint density at radius 2 is 2.35 bits per heavy atom. The Balaban J connectivity index is 1.74. The van der Waals surface area contributed by atoms with Gasteiger partial charge in [0.1, 0.15) is 11.1 Å². The van der Waals surface area contributed by atoms with Gasteiger partial charge in [-0.1, -0.05) is 0 Å². The number of amides is 1. The second-order valence-corrected chi connectivity index (χ2v) is 6.80. The highest BCUT2D eigenvalue weighted by molar-refractivity contribution is 7.14. The molecule has 2 aromatic rings. The van der Waals surface area contributed by atoms with E-state index < -0.39 is 0 Å². The van der Waals surface area contributed by atoms with Gasteiger partial charge in [0.05, 0.1) is 17.6 Å². The van der Waals surface area contributed by atoms with Gasteiger partial charge in [0.25, 0.3) is 0 Å². The van der Waals surface area contributed by atoms with E-state index in [4.69, 9.17) is 5.26 Å². The molecule has 1 aliphatic heterocycles. The normalized spacial score (nSPS) is 19.4. The molecule has 2 atom stereocenters. The first kappa shape index (κ1) is 15.8. The van der Waals surface area contributed by atoms with Crippen LogP contribution in [0.3, 0.4) is 0 Å². The minimum Gasteiger partial charge on any atom is -0.353 e. The number of carbonyl (C=O) groups excluding carboxylic acids is 1. The van der Waals surface area contributed by atoms with Gasteiger partial charge >= 0.3 is 0 Å². The van der Waals surface area contributed by atoms with Crippen molar-refractivity contribution in [3.05, 3.63) is 41.0 Å². The first-order chi connectivity index (χ1) is 11.1. The molecule has 0 aromatic carbocycles. The van der Waals surface area contributed by atoms with E-state index in [2.05, 4.69) is 26.9 Å². The minimum atomic E-state index is -0.231. The lowest BCUT2D eigenvalue weighted by Crippen LogP contribution is -2.41. The minimum absolute atomic E-state index is 0.0509. The van der Waals surface area contributed by atoms with Crippen molar-refractivity contribution in [2.75, 3.05) is 11.9 Å². The van der Waals surface area contributed by atoms with E-state index in [1.165, 1.54) is 17.0 Å². The van der Waals surface area contributed by atoms with Crippen molar-refractivity contribution < 1.29 is 4.79 Å². The maximum absolute atomic E-state index is 12.6. The van der Waals surface area contributed by atoms with Crippen molar-refractivity contribution in [3.63, 3.8) is 0 Å². The molecule has 6 heteroatoms. The number of aryl methyl sites for hydroxylation is 1. The van der Waals surface area contributed by atoms with E-state index in [1.807, 2.05) is 31.6 Å². The molecule has 0 bridgehead atoms. The van der Waals surface area contributed by atoms with Crippen molar-refractivity contribution in [1.82, 2.24) is 9.47 Å². The Labute approximate surface area is 140 Å². The molecule has 1 N–H and O–H groups in total. The standard InChI is InChI=1S/C17H20N4OS/c1-12(16(22)19-17-13(11-18)7-10-23-17)21-9-4-6-15(21)14-5-3-8-20(14)2/h3,5,7-8,10,12,15H,4,6,9H2,1-2H3,(H,19,22). The number of nitriles is 1. The summed E-state index contributed by atoms with van der Waals surface area (Å²) in [4.78, 5) is 14.9. The second-order valence-electron chi connectivity index (χ2n) is 5.88. The second kappa shape index (κ2) is 6.57. The largest absolute Gasteiger partial charge is 0.353 e. The van der Waals surface area contributed by atoms with Crippen LogP contribution in [0.4, 0.5) is 5.00 Å². The summed E-state index contributed by atoms with van der Waals surface area (Å²) in [5, 5.41) is 14.4. The number of nitrogens with one attached hydrogen (secondary N) is 1. The number of likely N-dealkylation sites (tertiary alicyclic amines) is 1. The smallest absolute Gasteiger partial charge is 0.242 e. The molecule has 1 amide bonds. The van der Waals surface area contributed by atoms with Gasteiger partial charge < -0.3 is 9.88 Å². The molecule has 120 valence electrons. The lowest BCUT2D eigenvalue weighted by Gasteiger charge is -2.30. The zero-order valence-electron chi connectivity index (χ0n) is 13.3. The first-order valence-corrected chi connectivity index (χ1v) is 8.65. The molecule has 1 saturated heterocycles. The zero-order chi connectivity index (χ0) is 16.4. The third-order valence-electron chi connectivity index (χ3n) is 4.52. The fourth-order valence-corrected chi connectivity index (χ4v) is 3.99. The number of thiophene rings is 1. The topological polar surface area (TPSA) is 61.1 Å². The fraction of sp³-hybridized carbons (Fsp3) is 0.412. The van der Waals surface area contributed by atoms with Gasteiger partial charge in [-0.2, -0.15) is 5.26 Å². The van der Waals surface area contributed by atoms with Crippen LogP contribution in [0.5, 0.6) is 0 Å². The lowest BCUT2D eigenvalue weighted by molar-refractivity contribution is -0.121. The van der Waals surface area contributed by atoms with Crippen LogP contribution in [0.1, 0.15) is 37.1 Å². The highest BCUT2D eigenvalue weighted by Crippen LogP contribution is 2.34. The predicted octanol–water partition coefficient (Wildman–Crippen LogP) is 3.12. The van der Waals surface area contributed by atoms with E-state index in [1.54, 1.807) is 6.07 Å². The number of carbonyl (C=O) groups is 1. The Bertz CT molecular complexity index is 742. The molecule has 0 radical (unpaired) electrons. The average molecular weight is 328 g/mol. The molecule has 3 heterocycles. The Kier molecular flexibility index (Phi) is 4.51. The summed E-state index contributed by atoms with van der Waals surface area (Å²) < 4.78 is 2.13. The number of hydrogen-bond acceptors (Lipinski definition) is 4. The summed E-state index contributed by atoms with van der Waals surface area (Å²) >= 11 is 1.39. The molecule has 1 aliphatic rings. The van der Waals surface area contributed by atoms with E-state index in [0.717, 1.165) is 19.4 Å². The van der Waals surface area contributed by atoms with Crippen LogP contribution in [0, 0.1) is 11.3 Å². The molecule has 23 heavy (non-hydrogen) atoms. The van der Waals surface area contributed by atoms with Gasteiger partial charge in [-0.3, -0.25) is 9.69 Å². The summed E-state index contributed by atoms with van der Waals surface area (Å²) in [5.41, 5.74) is 1.77. The van der Waals surface area contributed by atoms with Crippen LogP contribution >= 0.6 is 11.3 Å². The molecule has 0 saturated carbocycles. The van der Waals surface area contributed by atoms with Crippen LogP contribution in [0.2, 0.25) is 0 Å². The van der Waals surface area contributed by atoms with Crippen LogP contribution in [0.15, 0.2) is 29.8 Å². The quantitative estimate of drug-likeness (QED) is 0.938. The maximum atomic E-state index is 12.6. The molecule has 0 spiro atoms.